The number of halogens is 2. The second-order valence-electron chi connectivity index (χ2n) is 7.75. The molecule has 0 fully saturated rings. The summed E-state index contributed by atoms with van der Waals surface area (Å²) in [6.45, 7) is 3.80. The third kappa shape index (κ3) is 5.58. The largest absolute Gasteiger partial charge is 0.315 e. The Morgan fingerprint density at radius 2 is 1.76 bits per heavy atom. The number of benzene rings is 3. The molecule has 0 spiro atoms. The number of thioether (sulfide) groups is 1. The summed E-state index contributed by atoms with van der Waals surface area (Å²) in [6, 6.07) is 23.7. The number of aryl methyl sites for hydroxylation is 1. The molecule has 1 heterocycles. The molecule has 1 aromatic heterocycles. The Bertz CT molecular complexity index is 1330. The average Bonchev–Trinajstić information content (AvgIpc) is 3.12. The van der Waals surface area contributed by atoms with Gasteiger partial charge in [-0.2, -0.15) is 5.10 Å². The maximum absolute atomic E-state index is 14.3. The van der Waals surface area contributed by atoms with Crippen LogP contribution in [0.1, 0.15) is 32.9 Å². The van der Waals surface area contributed by atoms with E-state index >= 15 is 0 Å². The molecule has 0 unspecified atom stereocenters. The Kier molecular flexibility index (Phi) is 7.50. The number of carbonyl (C=O) groups excluding carboxylic acids is 1. The van der Waals surface area contributed by atoms with Gasteiger partial charge in [0, 0.05) is 38.2 Å². The van der Waals surface area contributed by atoms with E-state index in [4.69, 9.17) is 11.6 Å². The molecule has 0 saturated carbocycles. The van der Waals surface area contributed by atoms with Gasteiger partial charge in [-0.15, -0.1) is 11.8 Å². The molecular formula is C27H23ClFN3OS. The van der Waals surface area contributed by atoms with E-state index in [2.05, 4.69) is 10.5 Å². The van der Waals surface area contributed by atoms with Crippen molar-refractivity contribution >= 4 is 35.5 Å². The zero-order chi connectivity index (χ0) is 24.1. The Labute approximate surface area is 207 Å². The third-order valence-electron chi connectivity index (χ3n) is 5.37. The number of hydrogen-bond acceptors (Lipinski definition) is 3. The summed E-state index contributed by atoms with van der Waals surface area (Å²) in [5.41, 5.74) is 7.20. The average molecular weight is 492 g/mol. The van der Waals surface area contributed by atoms with Gasteiger partial charge in [0.15, 0.2) is 0 Å². The fraction of sp³-hybridized carbons (Fsp3) is 0.111. The zero-order valence-electron chi connectivity index (χ0n) is 18.8. The van der Waals surface area contributed by atoms with Gasteiger partial charge in [-0.1, -0.05) is 35.9 Å². The van der Waals surface area contributed by atoms with Crippen LogP contribution in [0.4, 0.5) is 4.39 Å². The van der Waals surface area contributed by atoms with E-state index < -0.39 is 0 Å². The minimum absolute atomic E-state index is 0.295. The molecule has 0 aliphatic heterocycles. The van der Waals surface area contributed by atoms with E-state index in [1.54, 1.807) is 48.3 Å². The van der Waals surface area contributed by atoms with E-state index in [1.807, 2.05) is 60.9 Å². The van der Waals surface area contributed by atoms with E-state index in [0.29, 0.717) is 11.3 Å². The highest BCUT2D eigenvalue weighted by Gasteiger charge is 2.12. The predicted molar refractivity (Wildman–Crippen MR) is 138 cm³/mol. The van der Waals surface area contributed by atoms with Crippen LogP contribution >= 0.6 is 23.4 Å². The molecule has 4 nitrogen and oxygen atoms in total. The van der Waals surface area contributed by atoms with E-state index in [1.165, 1.54) is 6.07 Å². The number of para-hydroxylation sites is 1. The minimum atomic E-state index is -0.295. The van der Waals surface area contributed by atoms with Crippen LogP contribution in [0.25, 0.3) is 5.69 Å². The molecule has 172 valence electrons. The van der Waals surface area contributed by atoms with E-state index in [-0.39, 0.29) is 11.7 Å². The van der Waals surface area contributed by atoms with Crippen LogP contribution in [0.2, 0.25) is 5.02 Å². The van der Waals surface area contributed by atoms with Crippen molar-refractivity contribution in [2.45, 2.75) is 24.5 Å². The number of rotatable bonds is 7. The zero-order valence-corrected chi connectivity index (χ0v) is 20.3. The van der Waals surface area contributed by atoms with E-state index in [0.717, 1.165) is 38.2 Å². The van der Waals surface area contributed by atoms with Crippen LogP contribution < -0.4 is 5.43 Å². The van der Waals surface area contributed by atoms with E-state index in [9.17, 15) is 9.18 Å². The quantitative estimate of drug-likeness (QED) is 0.173. The summed E-state index contributed by atoms with van der Waals surface area (Å²) < 4.78 is 16.1. The van der Waals surface area contributed by atoms with Crippen LogP contribution in [0.3, 0.4) is 0 Å². The maximum atomic E-state index is 14.3. The van der Waals surface area contributed by atoms with Crippen molar-refractivity contribution in [1.29, 1.82) is 0 Å². The van der Waals surface area contributed by atoms with Gasteiger partial charge in [-0.05, 0) is 74.0 Å². The first kappa shape index (κ1) is 23.8. The van der Waals surface area contributed by atoms with Gasteiger partial charge in [-0.25, -0.2) is 9.82 Å². The number of aromatic nitrogens is 1. The molecule has 34 heavy (non-hydrogen) atoms. The van der Waals surface area contributed by atoms with Gasteiger partial charge >= 0.3 is 0 Å². The molecule has 0 bridgehead atoms. The number of hydrogen-bond donors (Lipinski definition) is 1. The topological polar surface area (TPSA) is 46.4 Å². The fourth-order valence-electron chi connectivity index (χ4n) is 3.60. The molecule has 0 atom stereocenters. The van der Waals surface area contributed by atoms with Crippen molar-refractivity contribution in [2.75, 3.05) is 0 Å². The Balaban J connectivity index is 1.37. The maximum Gasteiger partial charge on any atom is 0.271 e. The first-order valence-corrected chi connectivity index (χ1v) is 12.0. The summed E-state index contributed by atoms with van der Waals surface area (Å²) in [5, 5.41) is 4.83. The number of amides is 1. The highest BCUT2D eigenvalue weighted by Crippen LogP contribution is 2.24. The lowest BCUT2D eigenvalue weighted by Gasteiger charge is -2.10. The summed E-state index contributed by atoms with van der Waals surface area (Å²) in [5.74, 6) is 0.200. The van der Waals surface area contributed by atoms with Crippen LogP contribution in [0, 0.1) is 19.7 Å². The van der Waals surface area contributed by atoms with Crippen molar-refractivity contribution in [3.05, 3.63) is 118 Å². The van der Waals surface area contributed by atoms with Gasteiger partial charge in [0.25, 0.3) is 5.91 Å². The predicted octanol–water partition coefficient (Wildman–Crippen LogP) is 6.94. The highest BCUT2D eigenvalue weighted by atomic mass is 35.5. The monoisotopic (exact) mass is 491 g/mol. The normalized spacial score (nSPS) is 11.2. The molecule has 4 aromatic rings. The van der Waals surface area contributed by atoms with Gasteiger partial charge in [0.1, 0.15) is 5.82 Å². The standard InChI is InChI=1S/C27H23ClFN3OS/c1-18-15-22(19(2)32(18)26-6-4-3-5-25(26)29)16-30-31-27(33)21-9-7-20(8-10-21)17-34-24-13-11-23(28)12-14-24/h3-16H,17H2,1-2H3,(H,31,33)/b30-16-. The highest BCUT2D eigenvalue weighted by molar-refractivity contribution is 7.98. The van der Waals surface area contributed by atoms with Gasteiger partial charge in [0.2, 0.25) is 0 Å². The molecule has 1 amide bonds. The molecule has 1 N–H and O–H groups in total. The molecule has 0 aliphatic rings. The summed E-state index contributed by atoms with van der Waals surface area (Å²) in [7, 11) is 0. The van der Waals surface area contributed by atoms with Crippen molar-refractivity contribution in [1.82, 2.24) is 9.99 Å². The lowest BCUT2D eigenvalue weighted by atomic mass is 10.1. The number of nitrogens with zero attached hydrogens (tertiary/aromatic N) is 2. The minimum Gasteiger partial charge on any atom is -0.315 e. The SMILES string of the molecule is Cc1cc(/C=N\NC(=O)c2ccc(CSc3ccc(Cl)cc3)cc2)c(C)n1-c1ccccc1F. The smallest absolute Gasteiger partial charge is 0.271 e. The van der Waals surface area contributed by atoms with Crippen molar-refractivity contribution in [3.8, 4) is 5.69 Å². The third-order valence-corrected chi connectivity index (χ3v) is 6.70. The number of hydrazone groups is 1. The van der Waals surface area contributed by atoms with Crippen molar-refractivity contribution in [3.63, 3.8) is 0 Å². The lowest BCUT2D eigenvalue weighted by Crippen LogP contribution is -2.17. The number of nitrogens with one attached hydrogen (secondary N) is 1. The molecule has 3 aromatic carbocycles. The van der Waals surface area contributed by atoms with Crippen LogP contribution in [-0.4, -0.2) is 16.7 Å². The van der Waals surface area contributed by atoms with Crippen LogP contribution in [0.5, 0.6) is 0 Å². The second kappa shape index (κ2) is 10.7. The number of carbonyl (C=O) groups is 1. The summed E-state index contributed by atoms with van der Waals surface area (Å²) in [4.78, 5) is 13.6. The summed E-state index contributed by atoms with van der Waals surface area (Å²) in [6.07, 6.45) is 1.58. The summed E-state index contributed by atoms with van der Waals surface area (Å²) >= 11 is 7.63. The fourth-order valence-corrected chi connectivity index (χ4v) is 4.58. The molecule has 0 aliphatic carbocycles. The first-order valence-electron chi connectivity index (χ1n) is 10.7. The van der Waals surface area contributed by atoms with Crippen LogP contribution in [0.15, 0.2) is 88.9 Å². The van der Waals surface area contributed by atoms with Gasteiger partial charge in [0.05, 0.1) is 11.9 Å². The van der Waals surface area contributed by atoms with Crippen molar-refractivity contribution in [2.24, 2.45) is 5.10 Å². The molecule has 7 heteroatoms. The molecule has 0 radical (unpaired) electrons. The second-order valence-corrected chi connectivity index (χ2v) is 9.24. The Hall–Kier alpha value is -3.35. The van der Waals surface area contributed by atoms with Crippen LogP contribution in [-0.2, 0) is 5.75 Å². The Morgan fingerprint density at radius 1 is 1.06 bits per heavy atom. The van der Waals surface area contributed by atoms with Gasteiger partial charge < -0.3 is 4.57 Å². The van der Waals surface area contributed by atoms with Crippen molar-refractivity contribution < 1.29 is 9.18 Å². The Morgan fingerprint density at radius 3 is 2.47 bits per heavy atom. The molecule has 4 rings (SSSR count). The van der Waals surface area contributed by atoms with Gasteiger partial charge in [-0.3, -0.25) is 4.79 Å². The lowest BCUT2D eigenvalue weighted by molar-refractivity contribution is 0.0955. The molecule has 0 saturated heterocycles. The molecular weight excluding hydrogens is 469 g/mol. The first-order chi connectivity index (χ1) is 16.4.